The molecule has 0 atom stereocenters. The number of terminal acetylenes is 1. The largest absolute Gasteiger partial charge is 0.106 e. The molecule has 0 heteroatoms. The summed E-state index contributed by atoms with van der Waals surface area (Å²) in [6, 6.07) is 9.32. The Labute approximate surface area is 367 Å². The van der Waals surface area contributed by atoms with Crippen LogP contribution >= 0.6 is 0 Å². The van der Waals surface area contributed by atoms with Crippen LogP contribution in [0.4, 0.5) is 0 Å². The van der Waals surface area contributed by atoms with Gasteiger partial charge in [0.2, 0.25) is 0 Å². The molecule has 0 amide bonds. The molecule has 0 heterocycles. The minimum atomic E-state index is 0. The van der Waals surface area contributed by atoms with Gasteiger partial charge in [0.15, 0.2) is 0 Å². The molecule has 332 valence electrons. The molecule has 6 fully saturated rings. The first-order chi connectivity index (χ1) is 28.4. The summed E-state index contributed by atoms with van der Waals surface area (Å²) in [7, 11) is 0. The van der Waals surface area contributed by atoms with Crippen molar-refractivity contribution in [3.63, 3.8) is 0 Å². The fourth-order valence-electron chi connectivity index (χ4n) is 13.8. The minimum absolute atomic E-state index is 0. The first-order valence-corrected chi connectivity index (χ1v) is 26.4. The third-order valence-corrected chi connectivity index (χ3v) is 17.7. The standard InChI is InChI=1S/C22H34.C19H28.C17H32.3H2/c1-3-4-18-7-11-20(12-8-18)22-15-13-21(14-16-22)19-9-5-17(2)6-10-19;1-3-5-7-17-10-14-19(15-11-17)18-12-8-16(6-4-2)9-13-18;1-3-5-15-8-12-17(13-9-15)16-10-6-14(4-2)7-11-16;;;/h5-6,9-10,18,20-22H,3-4,7-8,11-16H2,1-2H3;1,16-19H,4,6,8-15H2,2H3;14-17H,3-13H2,1-2H3;3*1H. The summed E-state index contributed by atoms with van der Waals surface area (Å²) in [4.78, 5) is 0. The van der Waals surface area contributed by atoms with Crippen LogP contribution in [0.2, 0.25) is 0 Å². The predicted octanol–water partition coefficient (Wildman–Crippen LogP) is 18.5. The molecule has 1 aromatic carbocycles. The number of benzene rings is 1. The van der Waals surface area contributed by atoms with Gasteiger partial charge in [-0.25, -0.2) is 0 Å². The quantitative estimate of drug-likeness (QED) is 0.196. The van der Waals surface area contributed by atoms with Crippen LogP contribution in [0.5, 0.6) is 0 Å². The normalized spacial score (nSPS) is 35.4. The number of rotatable bonds is 11. The highest BCUT2D eigenvalue weighted by Gasteiger charge is 2.33. The molecule has 58 heavy (non-hydrogen) atoms. The van der Waals surface area contributed by atoms with E-state index >= 15 is 0 Å². The molecular weight excluding hydrogens is 697 g/mol. The summed E-state index contributed by atoms with van der Waals surface area (Å²) < 4.78 is 0. The molecule has 6 aliphatic carbocycles. The number of aryl methyl sites for hydroxylation is 1. The highest BCUT2D eigenvalue weighted by molar-refractivity contribution is 5.25. The second-order valence-electron chi connectivity index (χ2n) is 21.4. The SMILES string of the molecule is C#CC#CC1CCC(C2CCC(CCC)CC2)CC1.CCCC1CCC(C2CCC(CC)CC2)CC1.CCCC1CCC(C2CCC(c3ccc(C)cc3)CC2)CC1.[HH].[HH].[HH]. The zero-order chi connectivity index (χ0) is 41.0. The van der Waals surface area contributed by atoms with Crippen LogP contribution in [0, 0.1) is 96.2 Å². The molecule has 0 aromatic heterocycles. The molecule has 0 unspecified atom stereocenters. The molecule has 7 rings (SSSR count). The molecule has 0 aliphatic heterocycles. The monoisotopic (exact) mass is 797 g/mol. The van der Waals surface area contributed by atoms with Crippen molar-refractivity contribution >= 4 is 0 Å². The Kier molecular flexibility index (Phi) is 21.8. The maximum absolute atomic E-state index is 5.20. The minimum Gasteiger partial charge on any atom is -0.106 e. The summed E-state index contributed by atoms with van der Waals surface area (Å²) in [5, 5.41) is 0. The van der Waals surface area contributed by atoms with Crippen LogP contribution in [0.15, 0.2) is 24.3 Å². The Balaban J connectivity index is 0.000000310. The average molecular weight is 797 g/mol. The van der Waals surface area contributed by atoms with Crippen molar-refractivity contribution in [1.29, 1.82) is 0 Å². The maximum Gasteiger partial charge on any atom is 0.0213 e. The van der Waals surface area contributed by atoms with Gasteiger partial charge in [0, 0.05) is 10.2 Å². The van der Waals surface area contributed by atoms with E-state index in [-0.39, 0.29) is 4.28 Å². The van der Waals surface area contributed by atoms with Crippen molar-refractivity contribution in [2.75, 3.05) is 0 Å². The van der Waals surface area contributed by atoms with E-state index in [1.54, 1.807) is 44.1 Å². The average Bonchev–Trinajstić information content (AvgIpc) is 3.28. The lowest BCUT2D eigenvalue weighted by Crippen LogP contribution is -2.25. The van der Waals surface area contributed by atoms with Crippen LogP contribution < -0.4 is 0 Å². The molecule has 1 aromatic rings. The molecule has 0 N–H and O–H groups in total. The second kappa shape index (κ2) is 26.6. The van der Waals surface area contributed by atoms with Gasteiger partial charge < -0.3 is 0 Å². The van der Waals surface area contributed by atoms with Crippen molar-refractivity contribution in [2.24, 2.45) is 65.1 Å². The predicted molar refractivity (Wildman–Crippen MR) is 261 cm³/mol. The third-order valence-electron chi connectivity index (χ3n) is 17.7. The van der Waals surface area contributed by atoms with E-state index in [1.807, 2.05) is 0 Å². The second-order valence-corrected chi connectivity index (χ2v) is 21.4. The highest BCUT2D eigenvalue weighted by atomic mass is 14.4. The van der Waals surface area contributed by atoms with E-state index in [4.69, 9.17) is 6.42 Å². The van der Waals surface area contributed by atoms with Crippen LogP contribution in [-0.4, -0.2) is 0 Å². The van der Waals surface area contributed by atoms with Gasteiger partial charge in [0.1, 0.15) is 0 Å². The van der Waals surface area contributed by atoms with E-state index in [0.29, 0.717) is 5.92 Å². The summed E-state index contributed by atoms with van der Waals surface area (Å²) in [6.07, 6.45) is 50.9. The van der Waals surface area contributed by atoms with E-state index < -0.39 is 0 Å². The fraction of sp³-hybridized carbons (Fsp3) is 0.828. The van der Waals surface area contributed by atoms with Crippen LogP contribution in [0.25, 0.3) is 0 Å². The Hall–Kier alpha value is -1.66. The van der Waals surface area contributed by atoms with E-state index in [2.05, 4.69) is 76.6 Å². The van der Waals surface area contributed by atoms with Crippen molar-refractivity contribution in [2.45, 2.75) is 240 Å². The summed E-state index contributed by atoms with van der Waals surface area (Å²) in [5.41, 5.74) is 2.98. The van der Waals surface area contributed by atoms with Crippen molar-refractivity contribution in [3.05, 3.63) is 35.4 Å². The zero-order valence-electron chi connectivity index (χ0n) is 39.2. The van der Waals surface area contributed by atoms with E-state index in [9.17, 15) is 0 Å². The Morgan fingerprint density at radius 3 is 1.10 bits per heavy atom. The van der Waals surface area contributed by atoms with E-state index in [0.717, 1.165) is 65.1 Å². The summed E-state index contributed by atoms with van der Waals surface area (Å²) in [6.45, 7) is 11.6. The molecule has 0 bridgehead atoms. The molecule has 6 saturated carbocycles. The van der Waals surface area contributed by atoms with E-state index in [1.165, 1.54) is 166 Å². The molecule has 0 nitrogen and oxygen atoms in total. The summed E-state index contributed by atoms with van der Waals surface area (Å²) >= 11 is 0. The first kappa shape index (κ1) is 47.4. The summed E-state index contributed by atoms with van der Waals surface area (Å²) in [5.74, 6) is 20.5. The lowest BCUT2D eigenvalue weighted by atomic mass is 9.68. The Bertz CT molecular complexity index is 1300. The van der Waals surface area contributed by atoms with Crippen molar-refractivity contribution in [3.8, 4) is 24.2 Å². The van der Waals surface area contributed by atoms with Gasteiger partial charge in [-0.3, -0.25) is 0 Å². The molecule has 0 radical (unpaired) electrons. The van der Waals surface area contributed by atoms with Gasteiger partial charge in [-0.1, -0.05) is 160 Å². The van der Waals surface area contributed by atoms with Gasteiger partial charge in [0.25, 0.3) is 0 Å². The Morgan fingerprint density at radius 2 is 0.776 bits per heavy atom. The molecular formula is C58H100. The third kappa shape index (κ3) is 15.7. The van der Waals surface area contributed by atoms with Gasteiger partial charge in [-0.15, -0.1) is 6.42 Å². The number of hydrogen-bond acceptors (Lipinski definition) is 0. The van der Waals surface area contributed by atoms with Crippen molar-refractivity contribution < 1.29 is 4.28 Å². The zero-order valence-corrected chi connectivity index (χ0v) is 39.2. The Morgan fingerprint density at radius 1 is 0.448 bits per heavy atom. The van der Waals surface area contributed by atoms with Gasteiger partial charge >= 0.3 is 0 Å². The molecule has 0 spiro atoms. The van der Waals surface area contributed by atoms with Gasteiger partial charge in [-0.2, -0.15) is 0 Å². The highest BCUT2D eigenvalue weighted by Crippen LogP contribution is 2.46. The van der Waals surface area contributed by atoms with Gasteiger partial charge in [0.05, 0.1) is 0 Å². The van der Waals surface area contributed by atoms with Crippen LogP contribution in [-0.2, 0) is 0 Å². The van der Waals surface area contributed by atoms with Gasteiger partial charge in [-0.05, 0) is 192 Å². The lowest BCUT2D eigenvalue weighted by molar-refractivity contribution is 0.142. The lowest BCUT2D eigenvalue weighted by Gasteiger charge is -2.38. The number of hydrogen-bond donors (Lipinski definition) is 0. The first-order valence-electron chi connectivity index (χ1n) is 26.4. The fourth-order valence-corrected chi connectivity index (χ4v) is 13.8. The topological polar surface area (TPSA) is 0 Å². The molecule has 0 saturated heterocycles. The smallest absolute Gasteiger partial charge is 0.0213 e. The van der Waals surface area contributed by atoms with Crippen LogP contribution in [0.3, 0.4) is 0 Å². The maximum atomic E-state index is 5.20. The molecule has 6 aliphatic rings. The van der Waals surface area contributed by atoms with Crippen molar-refractivity contribution in [1.82, 2.24) is 0 Å². The van der Waals surface area contributed by atoms with Crippen LogP contribution in [0.1, 0.15) is 248 Å².